The van der Waals surface area contributed by atoms with E-state index in [4.69, 9.17) is 5.73 Å². The molecule has 0 atom stereocenters. The summed E-state index contributed by atoms with van der Waals surface area (Å²) in [6.45, 7) is 2.16. The molecule has 1 heterocycles. The third-order valence-corrected chi connectivity index (χ3v) is 3.49. The first-order chi connectivity index (χ1) is 7.33. The standard InChI is InChI=1S/C11H21N3O/c12-7-9-14-11(15)6-8-13(14)10-4-2-1-3-5-10/h10H,1-9,12H2. The number of rotatable bonds is 3. The van der Waals surface area contributed by atoms with Gasteiger partial charge < -0.3 is 5.73 Å². The van der Waals surface area contributed by atoms with Crippen LogP contribution in [0.2, 0.25) is 0 Å². The Balaban J connectivity index is 1.97. The lowest BCUT2D eigenvalue weighted by Gasteiger charge is -2.36. The molecule has 4 nitrogen and oxygen atoms in total. The van der Waals surface area contributed by atoms with Crippen molar-refractivity contribution in [2.24, 2.45) is 5.73 Å². The summed E-state index contributed by atoms with van der Waals surface area (Å²) in [5.41, 5.74) is 5.54. The fourth-order valence-electron chi connectivity index (χ4n) is 2.74. The second-order valence-electron chi connectivity index (χ2n) is 4.51. The van der Waals surface area contributed by atoms with Crippen LogP contribution >= 0.6 is 0 Å². The van der Waals surface area contributed by atoms with Crippen LogP contribution in [-0.4, -0.2) is 41.6 Å². The Hall–Kier alpha value is -0.610. The van der Waals surface area contributed by atoms with Crippen LogP contribution in [0.25, 0.3) is 0 Å². The van der Waals surface area contributed by atoms with Gasteiger partial charge in [-0.1, -0.05) is 19.3 Å². The minimum absolute atomic E-state index is 0.256. The molecule has 15 heavy (non-hydrogen) atoms. The van der Waals surface area contributed by atoms with Crippen LogP contribution in [0.4, 0.5) is 0 Å². The lowest BCUT2D eigenvalue weighted by molar-refractivity contribution is -0.141. The van der Waals surface area contributed by atoms with Gasteiger partial charge in [-0.2, -0.15) is 0 Å². The molecule has 2 N–H and O–H groups in total. The summed E-state index contributed by atoms with van der Waals surface area (Å²) >= 11 is 0. The normalized spacial score (nSPS) is 25.1. The highest BCUT2D eigenvalue weighted by molar-refractivity contribution is 5.77. The lowest BCUT2D eigenvalue weighted by atomic mass is 9.95. The molecule has 1 amide bonds. The van der Waals surface area contributed by atoms with Crippen LogP contribution < -0.4 is 5.73 Å². The average molecular weight is 211 g/mol. The maximum atomic E-state index is 11.6. The molecule has 0 bridgehead atoms. The van der Waals surface area contributed by atoms with Gasteiger partial charge in [0.15, 0.2) is 0 Å². The van der Waals surface area contributed by atoms with Crippen molar-refractivity contribution in [1.82, 2.24) is 10.0 Å². The molecule has 0 aromatic rings. The largest absolute Gasteiger partial charge is 0.329 e. The molecule has 2 rings (SSSR count). The first-order valence-electron chi connectivity index (χ1n) is 6.10. The van der Waals surface area contributed by atoms with E-state index in [1.54, 1.807) is 0 Å². The van der Waals surface area contributed by atoms with Crippen LogP contribution in [0.3, 0.4) is 0 Å². The number of hydrazine groups is 1. The monoisotopic (exact) mass is 211 g/mol. The first kappa shape index (κ1) is 10.9. The Morgan fingerprint density at radius 3 is 2.67 bits per heavy atom. The quantitative estimate of drug-likeness (QED) is 0.748. The van der Waals surface area contributed by atoms with Gasteiger partial charge in [0.25, 0.3) is 0 Å². The van der Waals surface area contributed by atoms with Crippen LogP contribution in [0.15, 0.2) is 0 Å². The molecular weight excluding hydrogens is 190 g/mol. The van der Waals surface area contributed by atoms with E-state index in [0.717, 1.165) is 6.54 Å². The third kappa shape index (κ3) is 2.32. The SMILES string of the molecule is NCCN1C(=O)CCN1C1CCCCC1. The van der Waals surface area contributed by atoms with Gasteiger partial charge in [0.2, 0.25) is 5.91 Å². The number of hydrogen-bond donors (Lipinski definition) is 1. The summed E-state index contributed by atoms with van der Waals surface area (Å²) in [6, 6.07) is 0.594. The number of hydrogen-bond acceptors (Lipinski definition) is 3. The van der Waals surface area contributed by atoms with E-state index in [1.165, 1.54) is 32.1 Å². The summed E-state index contributed by atoms with van der Waals surface area (Å²) in [4.78, 5) is 11.6. The Morgan fingerprint density at radius 2 is 2.00 bits per heavy atom. The van der Waals surface area contributed by atoms with E-state index in [9.17, 15) is 4.79 Å². The van der Waals surface area contributed by atoms with Crippen molar-refractivity contribution < 1.29 is 4.79 Å². The summed E-state index contributed by atoms with van der Waals surface area (Å²) < 4.78 is 0. The maximum Gasteiger partial charge on any atom is 0.238 e. The molecule has 0 aromatic heterocycles. The second kappa shape index (κ2) is 4.94. The van der Waals surface area contributed by atoms with Crippen molar-refractivity contribution in [2.75, 3.05) is 19.6 Å². The molecular formula is C11H21N3O. The van der Waals surface area contributed by atoms with Gasteiger partial charge in [0, 0.05) is 32.1 Å². The number of amides is 1. The number of nitrogens with zero attached hydrogens (tertiary/aromatic N) is 2. The van der Waals surface area contributed by atoms with Gasteiger partial charge in [-0.3, -0.25) is 9.80 Å². The van der Waals surface area contributed by atoms with Gasteiger partial charge in [-0.05, 0) is 12.8 Å². The molecule has 2 fully saturated rings. The zero-order valence-electron chi connectivity index (χ0n) is 9.32. The number of carbonyl (C=O) groups is 1. The van der Waals surface area contributed by atoms with E-state index in [-0.39, 0.29) is 5.91 Å². The first-order valence-corrected chi connectivity index (χ1v) is 6.10. The zero-order chi connectivity index (χ0) is 10.7. The predicted molar refractivity (Wildman–Crippen MR) is 59.0 cm³/mol. The second-order valence-corrected chi connectivity index (χ2v) is 4.51. The van der Waals surface area contributed by atoms with E-state index in [0.29, 0.717) is 25.6 Å². The van der Waals surface area contributed by atoms with E-state index in [2.05, 4.69) is 5.01 Å². The zero-order valence-corrected chi connectivity index (χ0v) is 9.32. The van der Waals surface area contributed by atoms with Crippen LogP contribution in [0.1, 0.15) is 38.5 Å². The van der Waals surface area contributed by atoms with Crippen molar-refractivity contribution in [3.05, 3.63) is 0 Å². The Labute approximate surface area is 91.4 Å². The number of nitrogens with two attached hydrogens (primary N) is 1. The molecule has 0 aromatic carbocycles. The summed E-state index contributed by atoms with van der Waals surface area (Å²) in [5.74, 6) is 0.256. The highest BCUT2D eigenvalue weighted by Crippen LogP contribution is 2.26. The highest BCUT2D eigenvalue weighted by Gasteiger charge is 2.33. The summed E-state index contributed by atoms with van der Waals surface area (Å²) in [7, 11) is 0. The molecule has 1 aliphatic carbocycles. The van der Waals surface area contributed by atoms with Crippen molar-refractivity contribution in [3.63, 3.8) is 0 Å². The minimum atomic E-state index is 0.256. The molecule has 0 spiro atoms. The smallest absolute Gasteiger partial charge is 0.238 e. The van der Waals surface area contributed by atoms with Crippen LogP contribution in [0.5, 0.6) is 0 Å². The third-order valence-electron chi connectivity index (χ3n) is 3.49. The van der Waals surface area contributed by atoms with Crippen LogP contribution in [-0.2, 0) is 4.79 Å². The topological polar surface area (TPSA) is 49.6 Å². The van der Waals surface area contributed by atoms with Crippen molar-refractivity contribution in [1.29, 1.82) is 0 Å². The molecule has 86 valence electrons. The van der Waals surface area contributed by atoms with Gasteiger partial charge >= 0.3 is 0 Å². The number of carbonyl (C=O) groups excluding carboxylic acids is 1. The van der Waals surface area contributed by atoms with Crippen LogP contribution in [0, 0.1) is 0 Å². The molecule has 0 radical (unpaired) electrons. The molecule has 1 saturated carbocycles. The molecule has 0 unspecified atom stereocenters. The van der Waals surface area contributed by atoms with E-state index < -0.39 is 0 Å². The van der Waals surface area contributed by atoms with Crippen molar-refractivity contribution >= 4 is 5.91 Å². The minimum Gasteiger partial charge on any atom is -0.329 e. The molecule has 1 saturated heterocycles. The van der Waals surface area contributed by atoms with Gasteiger partial charge in [-0.15, -0.1) is 0 Å². The van der Waals surface area contributed by atoms with Crippen molar-refractivity contribution in [3.8, 4) is 0 Å². The Bertz CT molecular complexity index is 226. The van der Waals surface area contributed by atoms with Gasteiger partial charge in [0.05, 0.1) is 0 Å². The Morgan fingerprint density at radius 1 is 1.27 bits per heavy atom. The van der Waals surface area contributed by atoms with E-state index >= 15 is 0 Å². The van der Waals surface area contributed by atoms with E-state index in [1.807, 2.05) is 5.01 Å². The molecule has 1 aliphatic heterocycles. The fraction of sp³-hybridized carbons (Fsp3) is 0.909. The summed E-state index contributed by atoms with van der Waals surface area (Å²) in [5, 5.41) is 4.16. The highest BCUT2D eigenvalue weighted by atomic mass is 16.2. The van der Waals surface area contributed by atoms with Gasteiger partial charge in [-0.25, -0.2) is 5.01 Å². The average Bonchev–Trinajstić information content (AvgIpc) is 2.63. The Kier molecular flexibility index (Phi) is 3.59. The molecule has 4 heteroatoms. The molecule has 2 aliphatic rings. The lowest BCUT2D eigenvalue weighted by Crippen LogP contribution is -2.48. The van der Waals surface area contributed by atoms with Crippen molar-refractivity contribution in [2.45, 2.75) is 44.6 Å². The fourth-order valence-corrected chi connectivity index (χ4v) is 2.74. The van der Waals surface area contributed by atoms with Gasteiger partial charge in [0.1, 0.15) is 0 Å². The predicted octanol–water partition coefficient (Wildman–Crippen LogP) is 0.727. The maximum absolute atomic E-state index is 11.6. The summed E-state index contributed by atoms with van der Waals surface area (Å²) in [6.07, 6.45) is 7.14.